The molecule has 5 aromatic rings. The highest BCUT2D eigenvalue weighted by Crippen LogP contribution is 2.36. The van der Waals surface area contributed by atoms with E-state index in [0.717, 1.165) is 53.3 Å². The Hall–Kier alpha value is -3.57. The molecule has 6 heteroatoms. The molecule has 1 aliphatic carbocycles. The van der Waals surface area contributed by atoms with Crippen LogP contribution in [0, 0.1) is 0 Å². The lowest BCUT2D eigenvalue weighted by atomic mass is 9.98. The number of halogens is 1. The fourth-order valence-electron chi connectivity index (χ4n) is 4.87. The Morgan fingerprint density at radius 2 is 1.67 bits per heavy atom. The molecule has 1 N–H and O–H groups in total. The number of H-pyrrole nitrogens is 1. The number of nitrogens with zero attached hydrogens (tertiary/aromatic N) is 3. The zero-order valence-electron chi connectivity index (χ0n) is 17.9. The Labute approximate surface area is 195 Å². The van der Waals surface area contributed by atoms with E-state index in [1.807, 2.05) is 60.8 Å². The maximum absolute atomic E-state index is 13.5. The van der Waals surface area contributed by atoms with Gasteiger partial charge < -0.3 is 4.98 Å². The molecule has 0 aliphatic heterocycles. The zero-order valence-corrected chi connectivity index (χ0v) is 18.6. The molecule has 0 amide bonds. The topological polar surface area (TPSA) is 71.5 Å². The van der Waals surface area contributed by atoms with Gasteiger partial charge in [-0.15, -0.1) is 0 Å². The van der Waals surface area contributed by atoms with E-state index in [-0.39, 0.29) is 5.43 Å². The number of pyridine rings is 2. The predicted octanol–water partition coefficient (Wildman–Crippen LogP) is 6.51. The summed E-state index contributed by atoms with van der Waals surface area (Å²) in [5, 5.41) is 1.45. The Bertz CT molecular complexity index is 1560. The fourth-order valence-corrected chi connectivity index (χ4v) is 5.14. The second kappa shape index (κ2) is 8.09. The van der Waals surface area contributed by atoms with Gasteiger partial charge in [-0.1, -0.05) is 60.8 Å². The van der Waals surface area contributed by atoms with Crippen molar-refractivity contribution in [3.63, 3.8) is 0 Å². The first-order chi connectivity index (χ1) is 16.2. The number of aromatic amines is 1. The van der Waals surface area contributed by atoms with Crippen LogP contribution in [0.25, 0.3) is 44.6 Å². The van der Waals surface area contributed by atoms with Crippen molar-refractivity contribution in [3.05, 3.63) is 87.8 Å². The van der Waals surface area contributed by atoms with E-state index in [1.54, 1.807) is 6.20 Å². The first-order valence-corrected chi connectivity index (χ1v) is 11.6. The highest BCUT2D eigenvalue weighted by molar-refractivity contribution is 6.35. The molecule has 0 bridgehead atoms. The molecular weight excluding hydrogens is 432 g/mol. The second-order valence-corrected chi connectivity index (χ2v) is 8.98. The summed E-state index contributed by atoms with van der Waals surface area (Å²) in [7, 11) is 0. The number of hydrogen-bond donors (Lipinski definition) is 1. The molecule has 1 fully saturated rings. The number of rotatable bonds is 3. The van der Waals surface area contributed by atoms with Crippen LogP contribution in [-0.2, 0) is 0 Å². The maximum Gasteiger partial charge on any atom is 0.212 e. The van der Waals surface area contributed by atoms with Gasteiger partial charge in [-0.25, -0.2) is 9.97 Å². The van der Waals surface area contributed by atoms with Crippen molar-refractivity contribution < 1.29 is 0 Å². The van der Waals surface area contributed by atoms with E-state index in [2.05, 4.69) is 9.97 Å². The Morgan fingerprint density at radius 3 is 2.48 bits per heavy atom. The van der Waals surface area contributed by atoms with Crippen molar-refractivity contribution in [3.8, 4) is 22.5 Å². The van der Waals surface area contributed by atoms with Crippen molar-refractivity contribution >= 4 is 33.7 Å². The molecule has 0 atom stereocenters. The third kappa shape index (κ3) is 3.49. The summed E-state index contributed by atoms with van der Waals surface area (Å²) in [6, 6.07) is 17.6. The van der Waals surface area contributed by atoms with Crippen LogP contribution in [0.2, 0.25) is 5.02 Å². The average Bonchev–Trinajstić information content (AvgIpc) is 3.39. The van der Waals surface area contributed by atoms with Gasteiger partial charge in [0.15, 0.2) is 11.2 Å². The first kappa shape index (κ1) is 20.1. The lowest BCUT2D eigenvalue weighted by Gasteiger charge is -2.13. The highest BCUT2D eigenvalue weighted by Gasteiger charge is 2.23. The van der Waals surface area contributed by atoms with E-state index in [1.165, 1.54) is 0 Å². The van der Waals surface area contributed by atoms with E-state index in [4.69, 9.17) is 21.6 Å². The summed E-state index contributed by atoms with van der Waals surface area (Å²) in [5.41, 5.74) is 5.45. The van der Waals surface area contributed by atoms with E-state index >= 15 is 0 Å². The zero-order chi connectivity index (χ0) is 22.4. The van der Waals surface area contributed by atoms with Gasteiger partial charge in [0.25, 0.3) is 0 Å². The summed E-state index contributed by atoms with van der Waals surface area (Å²) in [6.07, 6.45) is 7.98. The van der Waals surface area contributed by atoms with Crippen LogP contribution in [0.15, 0.2) is 71.8 Å². The molecule has 5 nitrogen and oxygen atoms in total. The van der Waals surface area contributed by atoms with Gasteiger partial charge in [0, 0.05) is 34.5 Å². The number of benzene rings is 2. The minimum atomic E-state index is -0.0300. The molecule has 33 heavy (non-hydrogen) atoms. The highest BCUT2D eigenvalue weighted by atomic mass is 35.5. The minimum Gasteiger partial charge on any atom is -0.344 e. The molecular formula is C27H21ClN4O. The molecule has 6 rings (SSSR count). The predicted molar refractivity (Wildman–Crippen MR) is 133 cm³/mol. The van der Waals surface area contributed by atoms with Crippen LogP contribution in [0.5, 0.6) is 0 Å². The van der Waals surface area contributed by atoms with Crippen LogP contribution in [0.1, 0.15) is 37.2 Å². The van der Waals surface area contributed by atoms with E-state index in [0.29, 0.717) is 33.5 Å². The van der Waals surface area contributed by atoms with Gasteiger partial charge in [0.05, 0.1) is 21.9 Å². The van der Waals surface area contributed by atoms with Crippen molar-refractivity contribution in [2.75, 3.05) is 0 Å². The SMILES string of the molecule is O=c1c(C2CCCC2)c[nH]c2nc(-c3ccccc3)c(-c3cc(Cl)c4ncccc4c3)nc12. The molecule has 0 radical (unpaired) electrons. The standard InChI is InChI=1S/C27H21ClN4O/c28-21-14-19(13-18-11-6-12-29-22(18)21)24-23(17-9-2-1-3-10-17)32-27-25(31-24)26(33)20(15-30-27)16-7-4-5-8-16/h1-3,6,9-16H,4-5,7-8H2,(H,30,32,33). The molecule has 2 aromatic carbocycles. The second-order valence-electron chi connectivity index (χ2n) is 8.57. The van der Waals surface area contributed by atoms with Crippen LogP contribution >= 0.6 is 11.6 Å². The normalized spacial score (nSPS) is 14.3. The third-order valence-electron chi connectivity index (χ3n) is 6.51. The molecule has 1 saturated carbocycles. The van der Waals surface area contributed by atoms with Gasteiger partial charge in [0.2, 0.25) is 5.43 Å². The number of aromatic nitrogens is 4. The Kier molecular flexibility index (Phi) is 4.92. The van der Waals surface area contributed by atoms with E-state index < -0.39 is 0 Å². The molecule has 0 saturated heterocycles. The van der Waals surface area contributed by atoms with Gasteiger partial charge in [-0.2, -0.15) is 0 Å². The van der Waals surface area contributed by atoms with Crippen molar-refractivity contribution in [2.24, 2.45) is 0 Å². The summed E-state index contributed by atoms with van der Waals surface area (Å²) in [6.45, 7) is 0. The van der Waals surface area contributed by atoms with Gasteiger partial charge >= 0.3 is 0 Å². The lowest BCUT2D eigenvalue weighted by molar-refractivity contribution is 0.715. The molecule has 1 aliphatic rings. The van der Waals surface area contributed by atoms with Crippen LogP contribution in [0.4, 0.5) is 0 Å². The van der Waals surface area contributed by atoms with Gasteiger partial charge in [-0.3, -0.25) is 9.78 Å². The maximum atomic E-state index is 13.5. The smallest absolute Gasteiger partial charge is 0.212 e. The number of nitrogens with one attached hydrogen (secondary N) is 1. The lowest BCUT2D eigenvalue weighted by Crippen LogP contribution is -2.15. The summed E-state index contributed by atoms with van der Waals surface area (Å²) < 4.78 is 0. The molecule has 0 unspecified atom stereocenters. The van der Waals surface area contributed by atoms with Gasteiger partial charge in [0.1, 0.15) is 0 Å². The van der Waals surface area contributed by atoms with Crippen molar-refractivity contribution in [2.45, 2.75) is 31.6 Å². The van der Waals surface area contributed by atoms with Crippen LogP contribution < -0.4 is 5.43 Å². The summed E-state index contributed by atoms with van der Waals surface area (Å²) in [4.78, 5) is 30.9. The summed E-state index contributed by atoms with van der Waals surface area (Å²) >= 11 is 6.59. The van der Waals surface area contributed by atoms with Crippen LogP contribution in [-0.4, -0.2) is 19.9 Å². The number of fused-ring (bicyclic) bond motifs is 2. The molecule has 0 spiro atoms. The third-order valence-corrected chi connectivity index (χ3v) is 6.80. The number of hydrogen-bond acceptors (Lipinski definition) is 4. The Balaban J connectivity index is 1.64. The molecule has 3 aromatic heterocycles. The average molecular weight is 453 g/mol. The van der Waals surface area contributed by atoms with Gasteiger partial charge in [-0.05, 0) is 37.0 Å². The van der Waals surface area contributed by atoms with Crippen LogP contribution in [0.3, 0.4) is 0 Å². The quantitative estimate of drug-likeness (QED) is 0.338. The van der Waals surface area contributed by atoms with E-state index in [9.17, 15) is 4.79 Å². The Morgan fingerprint density at radius 1 is 0.879 bits per heavy atom. The summed E-state index contributed by atoms with van der Waals surface area (Å²) in [5.74, 6) is 0.290. The molecule has 3 heterocycles. The minimum absolute atomic E-state index is 0.0300. The monoisotopic (exact) mass is 452 g/mol. The first-order valence-electron chi connectivity index (χ1n) is 11.2. The van der Waals surface area contributed by atoms with Crippen molar-refractivity contribution in [1.82, 2.24) is 19.9 Å². The largest absolute Gasteiger partial charge is 0.344 e. The van der Waals surface area contributed by atoms with Crippen molar-refractivity contribution in [1.29, 1.82) is 0 Å². The molecule has 162 valence electrons. The fraction of sp³-hybridized carbons (Fsp3) is 0.185.